The van der Waals surface area contributed by atoms with E-state index >= 15 is 0 Å². The van der Waals surface area contributed by atoms with Crippen LogP contribution in [0.15, 0.2) is 16.5 Å². The van der Waals surface area contributed by atoms with Gasteiger partial charge in [0.2, 0.25) is 5.76 Å². The minimum absolute atomic E-state index is 0.131. The van der Waals surface area contributed by atoms with Crippen molar-refractivity contribution in [2.45, 2.75) is 13.5 Å². The van der Waals surface area contributed by atoms with E-state index in [-0.39, 0.29) is 18.1 Å². The molecule has 1 heterocycles. The number of aryl methyl sites for hydroxylation is 1. The van der Waals surface area contributed by atoms with E-state index < -0.39 is 5.97 Å². The van der Waals surface area contributed by atoms with E-state index in [9.17, 15) is 9.90 Å². The van der Waals surface area contributed by atoms with Gasteiger partial charge in [0.15, 0.2) is 0 Å². The molecule has 0 spiro atoms. The summed E-state index contributed by atoms with van der Waals surface area (Å²) in [4.78, 5) is 10.8. The summed E-state index contributed by atoms with van der Waals surface area (Å²) in [6.45, 7) is 1.24. The normalized spacial score (nSPS) is 10.9. The number of aliphatic hydroxyl groups excluding tert-OH is 1. The van der Waals surface area contributed by atoms with Gasteiger partial charge < -0.3 is 19.7 Å². The van der Waals surface area contributed by atoms with Crippen LogP contribution in [0.3, 0.4) is 0 Å². The highest BCUT2D eigenvalue weighted by Crippen LogP contribution is 2.35. The summed E-state index contributed by atoms with van der Waals surface area (Å²) in [7, 11) is 0. The maximum absolute atomic E-state index is 10.8. The van der Waals surface area contributed by atoms with Gasteiger partial charge in [-0.15, -0.1) is 0 Å². The Bertz CT molecular complexity index is 567. The summed E-state index contributed by atoms with van der Waals surface area (Å²) >= 11 is 0. The Morgan fingerprint density at radius 3 is 2.69 bits per heavy atom. The molecule has 84 valence electrons. The zero-order valence-electron chi connectivity index (χ0n) is 8.52. The smallest absolute Gasteiger partial charge is 0.372 e. The van der Waals surface area contributed by atoms with Crippen molar-refractivity contribution in [2.24, 2.45) is 0 Å². The van der Waals surface area contributed by atoms with Gasteiger partial charge in [0.1, 0.15) is 11.3 Å². The summed E-state index contributed by atoms with van der Waals surface area (Å²) in [6.07, 6.45) is 0. The van der Waals surface area contributed by atoms with Gasteiger partial charge >= 0.3 is 5.97 Å². The molecule has 3 N–H and O–H groups in total. The van der Waals surface area contributed by atoms with Gasteiger partial charge in [-0.05, 0) is 19.1 Å². The van der Waals surface area contributed by atoms with E-state index in [0.717, 1.165) is 0 Å². The second kappa shape index (κ2) is 3.53. The number of benzene rings is 1. The van der Waals surface area contributed by atoms with Crippen molar-refractivity contribution >= 4 is 16.9 Å². The molecule has 0 bridgehead atoms. The molecule has 0 fully saturated rings. The molecule has 0 aliphatic carbocycles. The van der Waals surface area contributed by atoms with E-state index in [1.807, 2.05) is 0 Å². The van der Waals surface area contributed by atoms with E-state index in [4.69, 9.17) is 14.6 Å². The molecule has 0 aliphatic heterocycles. The molecule has 2 rings (SSSR count). The number of aromatic carboxylic acids is 1. The zero-order valence-corrected chi connectivity index (χ0v) is 8.52. The largest absolute Gasteiger partial charge is 0.507 e. The Labute approximate surface area is 90.5 Å². The van der Waals surface area contributed by atoms with Crippen molar-refractivity contribution in [1.82, 2.24) is 0 Å². The van der Waals surface area contributed by atoms with Crippen LogP contribution >= 0.6 is 0 Å². The van der Waals surface area contributed by atoms with Crippen molar-refractivity contribution in [3.8, 4) is 5.75 Å². The number of carboxylic acids is 1. The summed E-state index contributed by atoms with van der Waals surface area (Å²) < 4.78 is 5.10. The monoisotopic (exact) mass is 222 g/mol. The number of hydrogen-bond donors (Lipinski definition) is 3. The van der Waals surface area contributed by atoms with E-state index in [1.165, 1.54) is 12.1 Å². The van der Waals surface area contributed by atoms with Crippen LogP contribution in [0.5, 0.6) is 5.75 Å². The summed E-state index contributed by atoms with van der Waals surface area (Å²) in [6, 6.07) is 3.02. The first-order chi connectivity index (χ1) is 7.56. The highest BCUT2D eigenvalue weighted by Gasteiger charge is 2.20. The van der Waals surface area contributed by atoms with Gasteiger partial charge in [-0.1, -0.05) is 0 Å². The number of phenols is 1. The zero-order chi connectivity index (χ0) is 11.9. The summed E-state index contributed by atoms with van der Waals surface area (Å²) in [5.74, 6) is -1.51. The van der Waals surface area contributed by atoms with Gasteiger partial charge in [-0.3, -0.25) is 0 Å². The first kappa shape index (κ1) is 10.5. The quantitative estimate of drug-likeness (QED) is 0.718. The van der Waals surface area contributed by atoms with E-state index in [1.54, 1.807) is 6.92 Å². The standard InChI is InChI=1S/C11H10O5/c1-5-8-7(16-10(5)11(14)15)3-2-6(4-12)9(8)13/h2-3,12-13H,4H2,1H3,(H,14,15). The van der Waals surface area contributed by atoms with Crippen molar-refractivity contribution in [3.05, 3.63) is 29.0 Å². The van der Waals surface area contributed by atoms with Crippen molar-refractivity contribution < 1.29 is 24.5 Å². The first-order valence-corrected chi connectivity index (χ1v) is 4.64. The molecule has 1 aromatic heterocycles. The number of aliphatic hydroxyl groups is 1. The Kier molecular flexibility index (Phi) is 2.32. The molecule has 0 atom stereocenters. The van der Waals surface area contributed by atoms with Gasteiger partial charge in [0, 0.05) is 11.1 Å². The molecule has 5 nitrogen and oxygen atoms in total. The highest BCUT2D eigenvalue weighted by molar-refractivity contribution is 5.97. The van der Waals surface area contributed by atoms with Crippen LogP contribution < -0.4 is 0 Å². The predicted molar refractivity (Wildman–Crippen MR) is 55.5 cm³/mol. The SMILES string of the molecule is Cc1c(C(=O)O)oc2ccc(CO)c(O)c12. The van der Waals surface area contributed by atoms with Crippen LogP contribution in [0.2, 0.25) is 0 Å². The maximum atomic E-state index is 10.8. The third-order valence-electron chi connectivity index (χ3n) is 2.52. The molecule has 0 saturated carbocycles. The molecule has 16 heavy (non-hydrogen) atoms. The van der Waals surface area contributed by atoms with E-state index in [2.05, 4.69) is 0 Å². The number of carbonyl (C=O) groups is 1. The second-order valence-electron chi connectivity index (χ2n) is 3.47. The minimum atomic E-state index is -1.18. The molecule has 1 aromatic carbocycles. The lowest BCUT2D eigenvalue weighted by Crippen LogP contribution is -1.95. The number of furan rings is 1. The lowest BCUT2D eigenvalue weighted by Gasteiger charge is -2.01. The number of carboxylic acid groups (broad SMARTS) is 1. The fourth-order valence-electron chi connectivity index (χ4n) is 1.69. The van der Waals surface area contributed by atoms with E-state index in [0.29, 0.717) is 22.1 Å². The minimum Gasteiger partial charge on any atom is -0.507 e. The average Bonchev–Trinajstić information content (AvgIpc) is 2.57. The third kappa shape index (κ3) is 1.33. The molecule has 2 aromatic rings. The number of rotatable bonds is 2. The Hall–Kier alpha value is -2.01. The van der Waals surface area contributed by atoms with Gasteiger partial charge in [0.25, 0.3) is 0 Å². The molecular formula is C11H10O5. The van der Waals surface area contributed by atoms with Crippen LogP contribution in [-0.2, 0) is 6.61 Å². The fraction of sp³-hybridized carbons (Fsp3) is 0.182. The molecule has 0 unspecified atom stereocenters. The van der Waals surface area contributed by atoms with Crippen LogP contribution in [0.1, 0.15) is 21.7 Å². The molecule has 5 heteroatoms. The molecule has 0 radical (unpaired) electrons. The summed E-state index contributed by atoms with van der Waals surface area (Å²) in [5.41, 5.74) is 0.994. The van der Waals surface area contributed by atoms with Gasteiger partial charge in [0.05, 0.1) is 12.0 Å². The third-order valence-corrected chi connectivity index (χ3v) is 2.52. The first-order valence-electron chi connectivity index (χ1n) is 4.64. The van der Waals surface area contributed by atoms with Crippen molar-refractivity contribution in [2.75, 3.05) is 0 Å². The predicted octanol–water partition coefficient (Wildman–Crippen LogP) is 1.64. The highest BCUT2D eigenvalue weighted by atomic mass is 16.4. The Morgan fingerprint density at radius 1 is 1.44 bits per heavy atom. The summed E-state index contributed by atoms with van der Waals surface area (Å²) in [5, 5.41) is 28.0. The molecule has 0 amide bonds. The lowest BCUT2D eigenvalue weighted by molar-refractivity contribution is 0.0664. The number of aromatic hydroxyl groups is 1. The topological polar surface area (TPSA) is 90.9 Å². The molecular weight excluding hydrogens is 212 g/mol. The van der Waals surface area contributed by atoms with Crippen LogP contribution in [0.25, 0.3) is 11.0 Å². The van der Waals surface area contributed by atoms with Crippen LogP contribution in [-0.4, -0.2) is 21.3 Å². The number of fused-ring (bicyclic) bond motifs is 1. The van der Waals surface area contributed by atoms with Crippen molar-refractivity contribution in [1.29, 1.82) is 0 Å². The Morgan fingerprint density at radius 2 is 2.12 bits per heavy atom. The Balaban J connectivity index is 2.83. The van der Waals surface area contributed by atoms with Crippen LogP contribution in [0, 0.1) is 6.92 Å². The van der Waals surface area contributed by atoms with Gasteiger partial charge in [-0.25, -0.2) is 4.79 Å². The maximum Gasteiger partial charge on any atom is 0.372 e. The van der Waals surface area contributed by atoms with Crippen LogP contribution in [0.4, 0.5) is 0 Å². The fourth-order valence-corrected chi connectivity index (χ4v) is 1.69. The lowest BCUT2D eigenvalue weighted by atomic mass is 10.1. The number of hydrogen-bond acceptors (Lipinski definition) is 4. The van der Waals surface area contributed by atoms with Gasteiger partial charge in [-0.2, -0.15) is 0 Å². The average molecular weight is 222 g/mol. The molecule has 0 saturated heterocycles. The van der Waals surface area contributed by atoms with Crippen molar-refractivity contribution in [3.63, 3.8) is 0 Å². The molecule has 0 aliphatic rings. The second-order valence-corrected chi connectivity index (χ2v) is 3.47.